The number of amides is 1. The number of halogens is 3. The molecule has 1 saturated heterocycles. The van der Waals surface area contributed by atoms with E-state index in [0.717, 1.165) is 32.1 Å². The highest BCUT2D eigenvalue weighted by Crippen LogP contribution is 2.32. The van der Waals surface area contributed by atoms with Crippen molar-refractivity contribution in [2.24, 2.45) is 0 Å². The van der Waals surface area contributed by atoms with Crippen LogP contribution in [0.2, 0.25) is 0 Å². The summed E-state index contributed by atoms with van der Waals surface area (Å²) < 4.78 is 56.8. The third kappa shape index (κ3) is 8.14. The first kappa shape index (κ1) is 28.5. The topological polar surface area (TPSA) is 103 Å². The maximum absolute atomic E-state index is 13.2. The molecule has 1 aliphatic heterocycles. The zero-order valence-corrected chi connectivity index (χ0v) is 19.9. The van der Waals surface area contributed by atoms with Crippen molar-refractivity contribution in [1.82, 2.24) is 14.5 Å². The molecule has 2 heterocycles. The lowest BCUT2D eigenvalue weighted by Gasteiger charge is -2.24. The van der Waals surface area contributed by atoms with Crippen molar-refractivity contribution < 1.29 is 32.2 Å². The molecule has 1 N–H and O–H groups in total. The van der Waals surface area contributed by atoms with E-state index < -0.39 is 47.5 Å². The number of H-pyrrole nitrogens is 1. The average Bonchev–Trinajstić information content (AvgIpc) is 3.19. The number of alkyl halides is 3. The first-order chi connectivity index (χ1) is 16.6. The molecule has 1 aromatic heterocycles. The lowest BCUT2D eigenvalue weighted by Crippen LogP contribution is -2.37. The number of hydrogen-bond acceptors (Lipinski definition) is 6. The summed E-state index contributed by atoms with van der Waals surface area (Å²) in [6.45, 7) is 4.74. The molecule has 0 aliphatic carbocycles. The molecule has 3 atom stereocenters. The van der Waals surface area contributed by atoms with E-state index in [0.29, 0.717) is 23.9 Å². The number of nitrogens with zero attached hydrogens (tertiary/aromatic N) is 2. The fourth-order valence-corrected chi connectivity index (χ4v) is 3.79. The van der Waals surface area contributed by atoms with Crippen LogP contribution in [0.15, 0.2) is 15.8 Å². The van der Waals surface area contributed by atoms with Crippen LogP contribution < -0.4 is 11.2 Å². The predicted octanol–water partition coefficient (Wildman–Crippen LogP) is 3.29. The van der Waals surface area contributed by atoms with Gasteiger partial charge in [0.05, 0.1) is 6.10 Å². The summed E-state index contributed by atoms with van der Waals surface area (Å²) in [5.41, 5.74) is -4.14. The molecular formula is C23H32F3N3O6. The lowest BCUT2D eigenvalue weighted by molar-refractivity contribution is -0.139. The third-order valence-corrected chi connectivity index (χ3v) is 5.55. The lowest BCUT2D eigenvalue weighted by atomic mass is 10.2. The van der Waals surface area contributed by atoms with Crippen molar-refractivity contribution in [2.75, 3.05) is 26.3 Å². The number of terminal acetylenes is 1. The molecule has 1 aromatic rings. The molecule has 0 spiro atoms. The molecule has 0 aromatic carbocycles. The quantitative estimate of drug-likeness (QED) is 0.347. The Morgan fingerprint density at radius 2 is 2.00 bits per heavy atom. The van der Waals surface area contributed by atoms with Crippen molar-refractivity contribution in [3.63, 3.8) is 0 Å². The van der Waals surface area contributed by atoms with Crippen LogP contribution in [0.5, 0.6) is 0 Å². The Labute approximate surface area is 201 Å². The second kappa shape index (κ2) is 13.3. The Morgan fingerprint density at radius 1 is 1.26 bits per heavy atom. The van der Waals surface area contributed by atoms with E-state index in [9.17, 15) is 27.6 Å². The van der Waals surface area contributed by atoms with Crippen LogP contribution in [0, 0.1) is 12.3 Å². The standard InChI is InChI=1S/C23H32F3N3O6/c1-4-7-8-9-11-28(10-5-2)22(32)34-15-18-17(33-12-6-3)13-19(35-18)29-14-16(23(24,25)26)20(30)27-21(29)31/h3,14,17-19H,4-5,7-13,15H2,1-2H3,(H,27,30,31)/t17-,18+,19+/m0/s1. The number of hydrogen-bond donors (Lipinski definition) is 1. The van der Waals surface area contributed by atoms with Gasteiger partial charge in [-0.2, -0.15) is 13.2 Å². The van der Waals surface area contributed by atoms with Gasteiger partial charge in [0, 0.05) is 25.7 Å². The van der Waals surface area contributed by atoms with Crippen LogP contribution in [-0.2, 0) is 20.4 Å². The van der Waals surface area contributed by atoms with E-state index in [1.807, 2.05) is 6.92 Å². The van der Waals surface area contributed by atoms with Gasteiger partial charge in [-0.15, -0.1) is 6.42 Å². The molecule has 1 amide bonds. The van der Waals surface area contributed by atoms with Crippen LogP contribution >= 0.6 is 0 Å². The molecule has 1 fully saturated rings. The minimum atomic E-state index is -4.96. The van der Waals surface area contributed by atoms with Gasteiger partial charge in [0.2, 0.25) is 0 Å². The Hall–Kier alpha value is -2.78. The average molecular weight is 504 g/mol. The normalized spacial score (nSPS) is 19.9. The van der Waals surface area contributed by atoms with Crippen molar-refractivity contribution in [2.45, 2.75) is 77.0 Å². The zero-order chi connectivity index (χ0) is 26.0. The molecule has 12 heteroatoms. The summed E-state index contributed by atoms with van der Waals surface area (Å²) in [7, 11) is 0. The van der Waals surface area contributed by atoms with Gasteiger partial charge in [-0.05, 0) is 12.8 Å². The van der Waals surface area contributed by atoms with E-state index in [-0.39, 0.29) is 19.6 Å². The van der Waals surface area contributed by atoms with Gasteiger partial charge in [0.25, 0.3) is 5.56 Å². The number of nitrogens with one attached hydrogen (secondary N) is 1. The van der Waals surface area contributed by atoms with Gasteiger partial charge in [0.1, 0.15) is 31.1 Å². The molecule has 0 saturated carbocycles. The molecule has 2 rings (SSSR count). The van der Waals surface area contributed by atoms with E-state index in [1.54, 1.807) is 9.88 Å². The number of carbonyl (C=O) groups is 1. The minimum Gasteiger partial charge on any atom is -0.447 e. The fourth-order valence-electron chi connectivity index (χ4n) is 3.79. The minimum absolute atomic E-state index is 0.0389. The molecule has 0 radical (unpaired) electrons. The monoisotopic (exact) mass is 503 g/mol. The molecular weight excluding hydrogens is 471 g/mol. The Balaban J connectivity index is 2.13. The molecule has 1 aliphatic rings. The van der Waals surface area contributed by atoms with Crippen molar-refractivity contribution in [3.8, 4) is 12.3 Å². The van der Waals surface area contributed by atoms with Crippen LogP contribution in [0.1, 0.15) is 64.2 Å². The highest BCUT2D eigenvalue weighted by Gasteiger charge is 2.40. The van der Waals surface area contributed by atoms with Crippen LogP contribution in [0.4, 0.5) is 18.0 Å². The second-order valence-electron chi connectivity index (χ2n) is 8.25. The molecule has 0 unspecified atom stereocenters. The van der Waals surface area contributed by atoms with Gasteiger partial charge < -0.3 is 19.1 Å². The van der Waals surface area contributed by atoms with Crippen molar-refractivity contribution in [1.29, 1.82) is 0 Å². The highest BCUT2D eigenvalue weighted by atomic mass is 19.4. The first-order valence-corrected chi connectivity index (χ1v) is 11.7. The third-order valence-electron chi connectivity index (χ3n) is 5.55. The van der Waals surface area contributed by atoms with Gasteiger partial charge in [0.15, 0.2) is 0 Å². The first-order valence-electron chi connectivity index (χ1n) is 11.7. The maximum atomic E-state index is 13.2. The van der Waals surface area contributed by atoms with Crippen LogP contribution in [-0.4, -0.2) is 59.1 Å². The summed E-state index contributed by atoms with van der Waals surface area (Å²) >= 11 is 0. The van der Waals surface area contributed by atoms with Crippen molar-refractivity contribution >= 4 is 6.09 Å². The van der Waals surface area contributed by atoms with E-state index >= 15 is 0 Å². The van der Waals surface area contributed by atoms with E-state index in [4.69, 9.17) is 20.6 Å². The van der Waals surface area contributed by atoms with Gasteiger partial charge in [-0.25, -0.2) is 9.59 Å². The summed E-state index contributed by atoms with van der Waals surface area (Å²) in [4.78, 5) is 39.7. The maximum Gasteiger partial charge on any atom is 0.423 e. The summed E-state index contributed by atoms with van der Waals surface area (Å²) in [6, 6.07) is 0. The van der Waals surface area contributed by atoms with Gasteiger partial charge >= 0.3 is 18.0 Å². The summed E-state index contributed by atoms with van der Waals surface area (Å²) in [5.74, 6) is 2.29. The molecule has 9 nitrogen and oxygen atoms in total. The SMILES string of the molecule is C#CCO[C@H]1C[C@H](n2cc(C(F)(F)F)c(=O)[nH]c2=O)O[C@@H]1COC(=O)N(CCC)CCCCCC. The number of unbranched alkanes of at least 4 members (excludes halogenated alkanes) is 3. The predicted molar refractivity (Wildman–Crippen MR) is 121 cm³/mol. The van der Waals surface area contributed by atoms with Gasteiger partial charge in [-0.3, -0.25) is 14.3 Å². The highest BCUT2D eigenvalue weighted by molar-refractivity contribution is 5.67. The zero-order valence-electron chi connectivity index (χ0n) is 19.9. The molecule has 35 heavy (non-hydrogen) atoms. The van der Waals surface area contributed by atoms with E-state index in [2.05, 4.69) is 12.8 Å². The fraction of sp³-hybridized carbons (Fsp3) is 0.696. The largest absolute Gasteiger partial charge is 0.447 e. The second-order valence-corrected chi connectivity index (χ2v) is 8.25. The molecule has 196 valence electrons. The number of rotatable bonds is 12. The number of ether oxygens (including phenoxy) is 3. The van der Waals surface area contributed by atoms with Crippen LogP contribution in [0.25, 0.3) is 0 Å². The summed E-state index contributed by atoms with van der Waals surface area (Å²) in [5, 5.41) is 0. The Morgan fingerprint density at radius 3 is 2.63 bits per heavy atom. The smallest absolute Gasteiger partial charge is 0.423 e. The summed E-state index contributed by atoms with van der Waals surface area (Å²) in [6.07, 6.45) is 2.02. The van der Waals surface area contributed by atoms with Crippen LogP contribution in [0.3, 0.4) is 0 Å². The number of aromatic amines is 1. The number of carbonyl (C=O) groups excluding carboxylic acids is 1. The van der Waals surface area contributed by atoms with Crippen molar-refractivity contribution in [3.05, 3.63) is 32.6 Å². The number of aromatic nitrogens is 2. The Kier molecular flexibility index (Phi) is 10.9. The van der Waals surface area contributed by atoms with E-state index in [1.165, 1.54) is 0 Å². The molecule has 0 bridgehead atoms. The van der Waals surface area contributed by atoms with Gasteiger partial charge in [-0.1, -0.05) is 39.0 Å². The Bertz CT molecular complexity index is 984.